The van der Waals surface area contributed by atoms with Crippen LogP contribution < -0.4 is 5.73 Å². The van der Waals surface area contributed by atoms with Crippen molar-refractivity contribution in [3.8, 4) is 0 Å². The van der Waals surface area contributed by atoms with Crippen LogP contribution in [0, 0.1) is 0 Å². The topological polar surface area (TPSA) is 46.3 Å². The van der Waals surface area contributed by atoms with E-state index < -0.39 is 6.04 Å². The molecule has 2 rings (SSSR count). The first kappa shape index (κ1) is 12.4. The fourth-order valence-electron chi connectivity index (χ4n) is 1.82. The van der Waals surface area contributed by atoms with Crippen molar-refractivity contribution in [2.24, 2.45) is 5.73 Å². The summed E-state index contributed by atoms with van der Waals surface area (Å²) in [7, 11) is 0. The summed E-state index contributed by atoms with van der Waals surface area (Å²) in [6, 6.07) is 7.54. The highest BCUT2D eigenvalue weighted by Crippen LogP contribution is 2.29. The maximum atomic E-state index is 12.0. The first-order valence-electron chi connectivity index (χ1n) is 5.88. The van der Waals surface area contributed by atoms with E-state index in [4.69, 9.17) is 17.3 Å². The molecule has 1 atom stereocenters. The summed E-state index contributed by atoms with van der Waals surface area (Å²) in [5.74, 6) is 0.0300. The van der Waals surface area contributed by atoms with Gasteiger partial charge in [-0.15, -0.1) is 0 Å². The SMILES string of the molecule is CC(N)C(=O)N(Cc1ccc(Cl)cc1)C1CC1. The highest BCUT2D eigenvalue weighted by molar-refractivity contribution is 6.30. The Bertz CT molecular complexity index is 398. The quantitative estimate of drug-likeness (QED) is 0.893. The largest absolute Gasteiger partial charge is 0.334 e. The molecule has 17 heavy (non-hydrogen) atoms. The van der Waals surface area contributed by atoms with Gasteiger partial charge in [0.15, 0.2) is 0 Å². The Kier molecular flexibility index (Phi) is 3.69. The maximum Gasteiger partial charge on any atom is 0.239 e. The van der Waals surface area contributed by atoms with Crippen LogP contribution in [0.4, 0.5) is 0 Å². The molecule has 0 heterocycles. The summed E-state index contributed by atoms with van der Waals surface area (Å²) in [4.78, 5) is 13.9. The smallest absolute Gasteiger partial charge is 0.239 e. The zero-order valence-electron chi connectivity index (χ0n) is 9.90. The third-order valence-corrected chi connectivity index (χ3v) is 3.18. The predicted octanol–water partition coefficient (Wildman–Crippen LogP) is 2.18. The second-order valence-electron chi connectivity index (χ2n) is 4.61. The number of halogens is 1. The average molecular weight is 253 g/mol. The Morgan fingerprint density at radius 2 is 2.06 bits per heavy atom. The number of carbonyl (C=O) groups is 1. The molecule has 1 aromatic carbocycles. The van der Waals surface area contributed by atoms with Gasteiger partial charge in [0.1, 0.15) is 0 Å². The van der Waals surface area contributed by atoms with Gasteiger partial charge in [-0.05, 0) is 37.5 Å². The van der Waals surface area contributed by atoms with E-state index in [1.54, 1.807) is 6.92 Å². The highest BCUT2D eigenvalue weighted by Gasteiger charge is 2.33. The van der Waals surface area contributed by atoms with Gasteiger partial charge in [0.2, 0.25) is 5.91 Å². The van der Waals surface area contributed by atoms with Crippen LogP contribution in [0.15, 0.2) is 24.3 Å². The lowest BCUT2D eigenvalue weighted by molar-refractivity contribution is -0.133. The van der Waals surface area contributed by atoms with Crippen LogP contribution in [0.3, 0.4) is 0 Å². The average Bonchev–Trinajstić information content (AvgIpc) is 3.11. The summed E-state index contributed by atoms with van der Waals surface area (Å²) in [6.45, 7) is 2.36. The molecule has 0 aliphatic heterocycles. The van der Waals surface area contributed by atoms with E-state index in [1.165, 1.54) is 0 Å². The van der Waals surface area contributed by atoms with Crippen molar-refractivity contribution in [3.63, 3.8) is 0 Å². The number of nitrogens with two attached hydrogens (primary N) is 1. The molecule has 92 valence electrons. The molecular weight excluding hydrogens is 236 g/mol. The number of hydrogen-bond donors (Lipinski definition) is 1. The number of benzene rings is 1. The van der Waals surface area contributed by atoms with E-state index in [1.807, 2.05) is 29.2 Å². The van der Waals surface area contributed by atoms with E-state index in [2.05, 4.69) is 0 Å². The number of hydrogen-bond acceptors (Lipinski definition) is 2. The summed E-state index contributed by atoms with van der Waals surface area (Å²) in [5.41, 5.74) is 6.76. The van der Waals surface area contributed by atoms with Gasteiger partial charge in [-0.3, -0.25) is 4.79 Å². The predicted molar refractivity (Wildman–Crippen MR) is 68.7 cm³/mol. The monoisotopic (exact) mass is 252 g/mol. The number of rotatable bonds is 4. The normalized spacial score (nSPS) is 16.6. The summed E-state index contributed by atoms with van der Waals surface area (Å²) >= 11 is 5.84. The second kappa shape index (κ2) is 5.07. The molecule has 1 aliphatic rings. The summed E-state index contributed by atoms with van der Waals surface area (Å²) in [6.07, 6.45) is 2.18. The van der Waals surface area contributed by atoms with E-state index >= 15 is 0 Å². The Labute approximate surface area is 107 Å². The van der Waals surface area contributed by atoms with Gasteiger partial charge in [-0.1, -0.05) is 23.7 Å². The number of amides is 1. The molecule has 1 amide bonds. The summed E-state index contributed by atoms with van der Waals surface area (Å²) in [5, 5.41) is 0.713. The lowest BCUT2D eigenvalue weighted by atomic mass is 10.2. The fraction of sp³-hybridized carbons (Fsp3) is 0.462. The van der Waals surface area contributed by atoms with Gasteiger partial charge >= 0.3 is 0 Å². The van der Waals surface area contributed by atoms with Crippen molar-refractivity contribution < 1.29 is 4.79 Å². The van der Waals surface area contributed by atoms with Crippen molar-refractivity contribution in [2.75, 3.05) is 0 Å². The molecule has 1 unspecified atom stereocenters. The van der Waals surface area contributed by atoms with Crippen LogP contribution in [-0.4, -0.2) is 22.9 Å². The number of nitrogens with zero attached hydrogens (tertiary/aromatic N) is 1. The molecule has 1 aromatic rings. The van der Waals surface area contributed by atoms with Crippen molar-refractivity contribution in [3.05, 3.63) is 34.9 Å². The van der Waals surface area contributed by atoms with Gasteiger partial charge in [-0.2, -0.15) is 0 Å². The van der Waals surface area contributed by atoms with Crippen molar-refractivity contribution in [2.45, 2.75) is 38.4 Å². The van der Waals surface area contributed by atoms with Gasteiger partial charge in [0.05, 0.1) is 6.04 Å². The molecule has 0 bridgehead atoms. The molecular formula is C13H17ClN2O. The van der Waals surface area contributed by atoms with Gasteiger partial charge < -0.3 is 10.6 Å². The van der Waals surface area contributed by atoms with E-state index in [-0.39, 0.29) is 5.91 Å². The summed E-state index contributed by atoms with van der Waals surface area (Å²) < 4.78 is 0. The number of carbonyl (C=O) groups excluding carboxylic acids is 1. The van der Waals surface area contributed by atoms with Crippen LogP contribution in [0.5, 0.6) is 0 Å². The standard InChI is InChI=1S/C13H17ClN2O/c1-9(15)13(17)16(12-6-7-12)8-10-2-4-11(14)5-3-10/h2-5,9,12H,6-8,15H2,1H3. The highest BCUT2D eigenvalue weighted by atomic mass is 35.5. The van der Waals surface area contributed by atoms with Crippen LogP contribution in [0.25, 0.3) is 0 Å². The lowest BCUT2D eigenvalue weighted by Crippen LogP contribution is -2.42. The minimum absolute atomic E-state index is 0.0300. The molecule has 0 radical (unpaired) electrons. The first-order valence-corrected chi connectivity index (χ1v) is 6.26. The van der Waals surface area contributed by atoms with Crippen molar-refractivity contribution >= 4 is 17.5 Å². The fourth-order valence-corrected chi connectivity index (χ4v) is 1.95. The van der Waals surface area contributed by atoms with Crippen molar-refractivity contribution in [1.29, 1.82) is 0 Å². The van der Waals surface area contributed by atoms with Gasteiger partial charge in [-0.25, -0.2) is 0 Å². The minimum Gasteiger partial charge on any atom is -0.334 e. The zero-order chi connectivity index (χ0) is 12.4. The molecule has 2 N–H and O–H groups in total. The van der Waals surface area contributed by atoms with Crippen LogP contribution >= 0.6 is 11.6 Å². The lowest BCUT2D eigenvalue weighted by Gasteiger charge is -2.24. The molecule has 3 nitrogen and oxygen atoms in total. The zero-order valence-corrected chi connectivity index (χ0v) is 10.7. The van der Waals surface area contributed by atoms with Crippen LogP contribution in [0.2, 0.25) is 5.02 Å². The van der Waals surface area contributed by atoms with E-state index in [0.29, 0.717) is 17.6 Å². The third-order valence-electron chi connectivity index (χ3n) is 2.93. The first-order chi connectivity index (χ1) is 8.08. The maximum absolute atomic E-state index is 12.0. The van der Waals surface area contributed by atoms with Crippen LogP contribution in [-0.2, 0) is 11.3 Å². The van der Waals surface area contributed by atoms with Gasteiger partial charge in [0.25, 0.3) is 0 Å². The Morgan fingerprint density at radius 1 is 1.47 bits per heavy atom. The molecule has 1 fully saturated rings. The van der Waals surface area contributed by atoms with Crippen molar-refractivity contribution in [1.82, 2.24) is 4.90 Å². The van der Waals surface area contributed by atoms with Gasteiger partial charge in [0, 0.05) is 17.6 Å². The van der Waals surface area contributed by atoms with Crippen LogP contribution in [0.1, 0.15) is 25.3 Å². The van der Waals surface area contributed by atoms with E-state index in [9.17, 15) is 4.79 Å². The molecule has 0 spiro atoms. The molecule has 1 saturated carbocycles. The Morgan fingerprint density at radius 3 is 2.53 bits per heavy atom. The third kappa shape index (κ3) is 3.20. The molecule has 0 saturated heterocycles. The molecule has 0 aromatic heterocycles. The minimum atomic E-state index is -0.428. The second-order valence-corrected chi connectivity index (χ2v) is 5.05. The molecule has 4 heteroatoms. The Balaban J connectivity index is 2.07. The molecule has 1 aliphatic carbocycles. The van der Waals surface area contributed by atoms with E-state index in [0.717, 1.165) is 18.4 Å². The Hall–Kier alpha value is -1.06.